The summed E-state index contributed by atoms with van der Waals surface area (Å²) in [4.78, 5) is 20.8. The van der Waals surface area contributed by atoms with Crippen molar-refractivity contribution in [3.63, 3.8) is 0 Å². The van der Waals surface area contributed by atoms with E-state index in [-0.39, 0.29) is 12.8 Å². The molecule has 4 rings (SSSR count). The normalized spacial score (nSPS) is 16.5. The number of aromatic nitrogens is 1. The average Bonchev–Trinajstić information content (AvgIpc) is 3.15. The van der Waals surface area contributed by atoms with Gasteiger partial charge in [-0.25, -0.2) is 4.79 Å². The molecule has 1 aromatic heterocycles. The number of piperazine rings is 1. The monoisotopic (exact) mass is 354 g/mol. The molecular formula is C19H22N4O3. The molecule has 0 unspecified atom stereocenters. The predicted molar refractivity (Wildman–Crippen MR) is 95.9 cm³/mol. The first kappa shape index (κ1) is 16.7. The van der Waals surface area contributed by atoms with Crippen LogP contribution in [0.4, 0.5) is 4.79 Å². The maximum atomic E-state index is 12.4. The molecule has 1 saturated heterocycles. The number of nitrogens with zero attached hydrogens (tertiary/aromatic N) is 3. The van der Waals surface area contributed by atoms with E-state index in [4.69, 9.17) is 9.47 Å². The summed E-state index contributed by atoms with van der Waals surface area (Å²) in [5.41, 5.74) is 2.20. The molecule has 7 heteroatoms. The average molecular weight is 354 g/mol. The lowest BCUT2D eigenvalue weighted by Gasteiger charge is -2.34. The number of hydrogen-bond acceptors (Lipinski definition) is 5. The van der Waals surface area contributed by atoms with Crippen molar-refractivity contribution in [2.24, 2.45) is 0 Å². The number of nitrogens with one attached hydrogen (secondary N) is 1. The van der Waals surface area contributed by atoms with E-state index in [1.807, 2.05) is 35.4 Å². The van der Waals surface area contributed by atoms with E-state index in [0.717, 1.165) is 49.8 Å². The lowest BCUT2D eigenvalue weighted by atomic mass is 10.2. The van der Waals surface area contributed by atoms with Gasteiger partial charge in [-0.3, -0.25) is 9.88 Å². The summed E-state index contributed by atoms with van der Waals surface area (Å²) in [7, 11) is 0. The van der Waals surface area contributed by atoms with Gasteiger partial charge in [0.15, 0.2) is 11.5 Å². The van der Waals surface area contributed by atoms with Gasteiger partial charge in [0.05, 0.1) is 0 Å². The van der Waals surface area contributed by atoms with Crippen molar-refractivity contribution in [2.45, 2.75) is 13.1 Å². The van der Waals surface area contributed by atoms with Crippen molar-refractivity contribution in [1.29, 1.82) is 0 Å². The predicted octanol–water partition coefficient (Wildman–Crippen LogP) is 1.84. The van der Waals surface area contributed by atoms with E-state index < -0.39 is 0 Å². The van der Waals surface area contributed by atoms with E-state index in [0.29, 0.717) is 6.54 Å². The maximum absolute atomic E-state index is 12.4. The second-order valence-electron chi connectivity index (χ2n) is 6.47. The zero-order valence-electron chi connectivity index (χ0n) is 14.6. The number of carbonyl (C=O) groups is 1. The van der Waals surface area contributed by atoms with Crippen molar-refractivity contribution < 1.29 is 14.3 Å². The molecular weight excluding hydrogens is 332 g/mol. The zero-order chi connectivity index (χ0) is 17.8. The van der Waals surface area contributed by atoms with Gasteiger partial charge in [-0.05, 0) is 29.3 Å². The van der Waals surface area contributed by atoms with Crippen molar-refractivity contribution >= 4 is 6.03 Å². The number of ether oxygens (including phenoxy) is 2. The van der Waals surface area contributed by atoms with Crippen molar-refractivity contribution in [1.82, 2.24) is 20.1 Å². The maximum Gasteiger partial charge on any atom is 0.317 e. The lowest BCUT2D eigenvalue weighted by Crippen LogP contribution is -2.51. The SMILES string of the molecule is O=C(NCc1ccc2c(c1)OCO2)N1CCN(Cc2cccnc2)CC1. The molecule has 0 bridgehead atoms. The minimum Gasteiger partial charge on any atom is -0.454 e. The number of carbonyl (C=O) groups excluding carboxylic acids is 1. The standard InChI is InChI=1S/C19H22N4O3/c24-19(21-12-15-3-4-17-18(10-15)26-14-25-17)23-8-6-22(7-9-23)13-16-2-1-5-20-11-16/h1-5,10-11H,6-9,12-14H2,(H,21,24). The summed E-state index contributed by atoms with van der Waals surface area (Å²) in [6.07, 6.45) is 3.68. The number of hydrogen-bond donors (Lipinski definition) is 1. The Kier molecular flexibility index (Phi) is 4.88. The number of rotatable bonds is 4. The summed E-state index contributed by atoms with van der Waals surface area (Å²) < 4.78 is 10.7. The topological polar surface area (TPSA) is 66.9 Å². The van der Waals surface area contributed by atoms with Crippen molar-refractivity contribution in [3.8, 4) is 11.5 Å². The van der Waals surface area contributed by atoms with Crippen molar-refractivity contribution in [2.75, 3.05) is 33.0 Å². The Hall–Kier alpha value is -2.80. The highest BCUT2D eigenvalue weighted by atomic mass is 16.7. The van der Waals surface area contributed by atoms with Gasteiger partial charge in [-0.15, -0.1) is 0 Å². The Morgan fingerprint density at radius 3 is 2.73 bits per heavy atom. The van der Waals surface area contributed by atoms with E-state index in [1.54, 1.807) is 6.20 Å². The van der Waals surface area contributed by atoms with Gasteiger partial charge >= 0.3 is 6.03 Å². The summed E-state index contributed by atoms with van der Waals surface area (Å²) in [5, 5.41) is 2.99. The molecule has 3 heterocycles. The van der Waals surface area contributed by atoms with Crippen LogP contribution in [0.25, 0.3) is 0 Å². The molecule has 7 nitrogen and oxygen atoms in total. The molecule has 0 aliphatic carbocycles. The highest BCUT2D eigenvalue weighted by molar-refractivity contribution is 5.74. The van der Waals surface area contributed by atoms with Gasteiger partial charge in [0.1, 0.15) is 0 Å². The van der Waals surface area contributed by atoms with Crippen LogP contribution in [0.1, 0.15) is 11.1 Å². The minimum atomic E-state index is -0.0244. The number of pyridine rings is 1. The van der Waals surface area contributed by atoms with Crippen LogP contribution in [0.15, 0.2) is 42.7 Å². The first-order chi connectivity index (χ1) is 12.8. The fourth-order valence-corrected chi connectivity index (χ4v) is 3.20. The summed E-state index contributed by atoms with van der Waals surface area (Å²) in [5.74, 6) is 1.49. The van der Waals surface area contributed by atoms with Gasteiger partial charge in [-0.2, -0.15) is 0 Å². The van der Waals surface area contributed by atoms with Crippen LogP contribution in [0.2, 0.25) is 0 Å². The zero-order valence-corrected chi connectivity index (χ0v) is 14.6. The molecule has 26 heavy (non-hydrogen) atoms. The fourth-order valence-electron chi connectivity index (χ4n) is 3.20. The van der Waals surface area contributed by atoms with Crippen LogP contribution >= 0.6 is 0 Å². The quantitative estimate of drug-likeness (QED) is 0.907. The number of fused-ring (bicyclic) bond motifs is 1. The minimum absolute atomic E-state index is 0.0244. The molecule has 2 aromatic rings. The van der Waals surface area contributed by atoms with Crippen LogP contribution in [0.3, 0.4) is 0 Å². The summed E-state index contributed by atoms with van der Waals surface area (Å²) in [6, 6.07) is 9.74. The molecule has 0 radical (unpaired) electrons. The Morgan fingerprint density at radius 1 is 1.08 bits per heavy atom. The van der Waals surface area contributed by atoms with E-state index in [1.165, 1.54) is 5.56 Å². The van der Waals surface area contributed by atoms with E-state index in [2.05, 4.69) is 21.3 Å². The third kappa shape index (κ3) is 3.88. The van der Waals surface area contributed by atoms with Gasteiger partial charge in [-0.1, -0.05) is 12.1 Å². The van der Waals surface area contributed by atoms with E-state index >= 15 is 0 Å². The van der Waals surface area contributed by atoms with Crippen LogP contribution in [0.5, 0.6) is 11.5 Å². The Morgan fingerprint density at radius 2 is 1.92 bits per heavy atom. The number of urea groups is 1. The largest absolute Gasteiger partial charge is 0.454 e. The smallest absolute Gasteiger partial charge is 0.317 e. The molecule has 1 N–H and O–H groups in total. The van der Waals surface area contributed by atoms with Crippen LogP contribution in [-0.4, -0.2) is 53.8 Å². The molecule has 1 aromatic carbocycles. The second-order valence-corrected chi connectivity index (χ2v) is 6.47. The first-order valence-electron chi connectivity index (χ1n) is 8.80. The Bertz CT molecular complexity index is 761. The molecule has 0 atom stereocenters. The van der Waals surface area contributed by atoms with Crippen molar-refractivity contribution in [3.05, 3.63) is 53.9 Å². The third-order valence-corrected chi connectivity index (χ3v) is 4.67. The molecule has 0 spiro atoms. The highest BCUT2D eigenvalue weighted by Gasteiger charge is 2.21. The summed E-state index contributed by atoms with van der Waals surface area (Å²) in [6.45, 7) is 4.81. The molecule has 2 amide bonds. The van der Waals surface area contributed by atoms with Gasteiger partial charge < -0.3 is 19.7 Å². The Labute approximate surface area is 152 Å². The fraction of sp³-hybridized carbons (Fsp3) is 0.368. The molecule has 1 fully saturated rings. The summed E-state index contributed by atoms with van der Waals surface area (Å²) >= 11 is 0. The second kappa shape index (κ2) is 7.61. The molecule has 2 aliphatic rings. The van der Waals surface area contributed by atoms with Crippen LogP contribution < -0.4 is 14.8 Å². The number of benzene rings is 1. The highest BCUT2D eigenvalue weighted by Crippen LogP contribution is 2.32. The first-order valence-corrected chi connectivity index (χ1v) is 8.80. The third-order valence-electron chi connectivity index (χ3n) is 4.67. The molecule has 2 aliphatic heterocycles. The van der Waals surface area contributed by atoms with Crippen LogP contribution in [-0.2, 0) is 13.1 Å². The lowest BCUT2D eigenvalue weighted by molar-refractivity contribution is 0.135. The number of amides is 2. The Balaban J connectivity index is 1.23. The molecule has 0 saturated carbocycles. The van der Waals surface area contributed by atoms with Gasteiger partial charge in [0, 0.05) is 51.7 Å². The van der Waals surface area contributed by atoms with E-state index in [9.17, 15) is 4.79 Å². The van der Waals surface area contributed by atoms with Crippen LogP contribution in [0, 0.1) is 0 Å². The molecule has 136 valence electrons. The van der Waals surface area contributed by atoms with Gasteiger partial charge in [0.2, 0.25) is 6.79 Å². The van der Waals surface area contributed by atoms with Gasteiger partial charge in [0.25, 0.3) is 0 Å².